The summed E-state index contributed by atoms with van der Waals surface area (Å²) in [7, 11) is 0. The van der Waals surface area contributed by atoms with Gasteiger partial charge >= 0.3 is 0 Å². The number of halogens is 3. The first-order valence-corrected chi connectivity index (χ1v) is 8.59. The molecule has 0 heterocycles. The summed E-state index contributed by atoms with van der Waals surface area (Å²) in [6, 6.07) is 10.3. The lowest BCUT2D eigenvalue weighted by Gasteiger charge is -2.06. The van der Waals surface area contributed by atoms with Crippen LogP contribution in [0.25, 0.3) is 0 Å². The van der Waals surface area contributed by atoms with Crippen molar-refractivity contribution in [3.63, 3.8) is 0 Å². The van der Waals surface area contributed by atoms with Crippen LogP contribution in [0.5, 0.6) is 11.5 Å². The van der Waals surface area contributed by atoms with Crippen LogP contribution >= 0.6 is 50.1 Å². The van der Waals surface area contributed by atoms with Gasteiger partial charge in [-0.1, -0.05) is 39.7 Å². The number of nitrogens with one attached hydrogen (secondary N) is 1. The Balaban J connectivity index is 1.91. The standard InChI is InChI=1S/C15H11BrClIN2O3/c16-10-5-9(15(22)12(18)6-10)7-19-20-14(21)8-23-13-4-2-1-3-11(13)17/h1-7,22H,8H2,(H,20,21)/b19-7+. The van der Waals surface area contributed by atoms with Crippen molar-refractivity contribution in [1.29, 1.82) is 0 Å². The van der Waals surface area contributed by atoms with Gasteiger partial charge in [0.1, 0.15) is 11.5 Å². The number of amides is 1. The third-order valence-corrected chi connectivity index (χ3v) is 4.24. The molecule has 0 unspecified atom stereocenters. The van der Waals surface area contributed by atoms with E-state index in [0.29, 0.717) is 19.9 Å². The van der Waals surface area contributed by atoms with Crippen molar-refractivity contribution in [2.45, 2.75) is 0 Å². The highest BCUT2D eigenvalue weighted by atomic mass is 127. The number of para-hydroxylation sites is 1. The summed E-state index contributed by atoms with van der Waals surface area (Å²) in [6.45, 7) is -0.219. The molecule has 0 aliphatic carbocycles. The Morgan fingerprint density at radius 3 is 2.91 bits per heavy atom. The van der Waals surface area contributed by atoms with Gasteiger partial charge < -0.3 is 9.84 Å². The van der Waals surface area contributed by atoms with Gasteiger partial charge in [-0.05, 0) is 46.9 Å². The number of benzene rings is 2. The minimum absolute atomic E-state index is 0.0964. The summed E-state index contributed by atoms with van der Waals surface area (Å²) in [5.74, 6) is 0.0805. The maximum absolute atomic E-state index is 11.7. The lowest BCUT2D eigenvalue weighted by Crippen LogP contribution is -2.24. The van der Waals surface area contributed by atoms with E-state index in [1.165, 1.54) is 6.21 Å². The second-order valence-corrected chi connectivity index (χ2v) is 6.82. The molecule has 0 atom stereocenters. The van der Waals surface area contributed by atoms with Crippen LogP contribution in [0.1, 0.15) is 5.56 Å². The number of carbonyl (C=O) groups excluding carboxylic acids is 1. The number of phenols is 1. The average molecular weight is 510 g/mol. The summed E-state index contributed by atoms with van der Waals surface area (Å²) in [5.41, 5.74) is 2.80. The molecule has 8 heteroatoms. The zero-order valence-corrected chi connectivity index (χ0v) is 16.1. The van der Waals surface area contributed by atoms with Gasteiger partial charge in [0.15, 0.2) is 6.61 Å². The maximum atomic E-state index is 11.7. The fraction of sp³-hybridized carbons (Fsp3) is 0.0667. The van der Waals surface area contributed by atoms with Crippen LogP contribution in [0.3, 0.4) is 0 Å². The molecule has 2 rings (SSSR count). The van der Waals surface area contributed by atoms with Gasteiger partial charge in [0.2, 0.25) is 0 Å². The zero-order valence-electron chi connectivity index (χ0n) is 11.6. The van der Waals surface area contributed by atoms with Crippen LogP contribution in [0.2, 0.25) is 5.02 Å². The fourth-order valence-corrected chi connectivity index (χ4v) is 3.34. The minimum Gasteiger partial charge on any atom is -0.506 e. The molecule has 0 aromatic heterocycles. The van der Waals surface area contributed by atoms with E-state index in [1.807, 2.05) is 22.6 Å². The van der Waals surface area contributed by atoms with Crippen LogP contribution in [-0.2, 0) is 4.79 Å². The number of rotatable bonds is 5. The number of hydrogen-bond donors (Lipinski definition) is 2. The van der Waals surface area contributed by atoms with E-state index in [2.05, 4.69) is 26.5 Å². The molecule has 5 nitrogen and oxygen atoms in total. The molecule has 0 saturated carbocycles. The molecule has 2 aromatic rings. The number of hydrazone groups is 1. The van der Waals surface area contributed by atoms with E-state index in [0.717, 1.165) is 4.47 Å². The van der Waals surface area contributed by atoms with Crippen molar-refractivity contribution in [1.82, 2.24) is 5.43 Å². The predicted octanol–water partition coefficient (Wildman–Crippen LogP) is 3.94. The largest absolute Gasteiger partial charge is 0.506 e. The molecule has 0 saturated heterocycles. The molecule has 0 radical (unpaired) electrons. The second-order valence-electron chi connectivity index (χ2n) is 4.34. The SMILES string of the molecule is O=C(COc1ccccc1Cl)N/N=C/c1cc(Br)cc(I)c1O. The van der Waals surface area contributed by atoms with E-state index < -0.39 is 5.91 Å². The highest BCUT2D eigenvalue weighted by Gasteiger charge is 2.06. The van der Waals surface area contributed by atoms with Crippen molar-refractivity contribution >= 4 is 62.2 Å². The first-order valence-electron chi connectivity index (χ1n) is 6.34. The molecule has 0 aliphatic heterocycles. The lowest BCUT2D eigenvalue weighted by atomic mass is 10.2. The molecule has 2 N–H and O–H groups in total. The average Bonchev–Trinajstić information content (AvgIpc) is 2.51. The van der Waals surface area contributed by atoms with Crippen LogP contribution in [0.4, 0.5) is 0 Å². The highest BCUT2D eigenvalue weighted by Crippen LogP contribution is 2.27. The summed E-state index contributed by atoms with van der Waals surface area (Å²) >= 11 is 11.2. The van der Waals surface area contributed by atoms with Gasteiger partial charge in [0.05, 0.1) is 14.8 Å². The molecule has 0 fully saturated rings. The first-order chi connectivity index (χ1) is 11.0. The Morgan fingerprint density at radius 2 is 2.17 bits per heavy atom. The predicted molar refractivity (Wildman–Crippen MR) is 101 cm³/mol. The number of aromatic hydroxyl groups is 1. The van der Waals surface area contributed by atoms with Crippen LogP contribution in [0, 0.1) is 3.57 Å². The molecular formula is C15H11BrClIN2O3. The van der Waals surface area contributed by atoms with E-state index in [1.54, 1.807) is 36.4 Å². The van der Waals surface area contributed by atoms with Gasteiger partial charge in [-0.15, -0.1) is 0 Å². The van der Waals surface area contributed by atoms with Crippen molar-refractivity contribution in [3.8, 4) is 11.5 Å². The van der Waals surface area contributed by atoms with E-state index in [-0.39, 0.29) is 12.4 Å². The molecule has 0 aliphatic rings. The summed E-state index contributed by atoms with van der Waals surface area (Å²) in [6.07, 6.45) is 1.36. The molecule has 120 valence electrons. The summed E-state index contributed by atoms with van der Waals surface area (Å²) in [4.78, 5) is 11.7. The molecule has 0 bridgehead atoms. The topological polar surface area (TPSA) is 70.9 Å². The number of ether oxygens (including phenoxy) is 1. The summed E-state index contributed by atoms with van der Waals surface area (Å²) < 4.78 is 6.76. The quantitative estimate of drug-likeness (QED) is 0.365. The third-order valence-electron chi connectivity index (χ3n) is 2.65. The van der Waals surface area contributed by atoms with Crippen molar-refractivity contribution < 1.29 is 14.6 Å². The smallest absolute Gasteiger partial charge is 0.277 e. The Kier molecular flexibility index (Phi) is 6.67. The highest BCUT2D eigenvalue weighted by molar-refractivity contribution is 14.1. The number of phenolic OH excluding ortho intramolecular Hbond substituents is 1. The van der Waals surface area contributed by atoms with Gasteiger partial charge in [0, 0.05) is 10.0 Å². The number of nitrogens with zero attached hydrogens (tertiary/aromatic N) is 1. The summed E-state index contributed by atoms with van der Waals surface area (Å²) in [5, 5.41) is 14.1. The monoisotopic (exact) mass is 508 g/mol. The molecule has 0 spiro atoms. The first kappa shape index (κ1) is 18.0. The van der Waals surface area contributed by atoms with Crippen molar-refractivity contribution in [2.24, 2.45) is 5.10 Å². The third kappa shape index (κ3) is 5.36. The van der Waals surface area contributed by atoms with Crippen molar-refractivity contribution in [2.75, 3.05) is 6.61 Å². The lowest BCUT2D eigenvalue weighted by molar-refractivity contribution is -0.123. The minimum atomic E-state index is -0.439. The Hall–Kier alpha value is -1.32. The van der Waals surface area contributed by atoms with Gasteiger partial charge in [-0.25, -0.2) is 5.43 Å². The zero-order chi connectivity index (χ0) is 16.8. The number of hydrogen-bond acceptors (Lipinski definition) is 4. The van der Waals surface area contributed by atoms with E-state index in [4.69, 9.17) is 16.3 Å². The van der Waals surface area contributed by atoms with E-state index in [9.17, 15) is 9.90 Å². The van der Waals surface area contributed by atoms with Crippen molar-refractivity contribution in [3.05, 3.63) is 55.0 Å². The molecule has 2 aromatic carbocycles. The van der Waals surface area contributed by atoms with Crippen LogP contribution in [0.15, 0.2) is 46.0 Å². The number of carbonyl (C=O) groups is 1. The molecule has 1 amide bonds. The van der Waals surface area contributed by atoms with Crippen LogP contribution in [-0.4, -0.2) is 23.8 Å². The molecular weight excluding hydrogens is 498 g/mol. The van der Waals surface area contributed by atoms with Gasteiger partial charge in [0.25, 0.3) is 5.91 Å². The maximum Gasteiger partial charge on any atom is 0.277 e. The van der Waals surface area contributed by atoms with E-state index >= 15 is 0 Å². The normalized spacial score (nSPS) is 10.7. The second kappa shape index (κ2) is 8.51. The molecule has 23 heavy (non-hydrogen) atoms. The van der Waals surface area contributed by atoms with Crippen LogP contribution < -0.4 is 10.2 Å². The Morgan fingerprint density at radius 1 is 1.43 bits per heavy atom. The Labute approximate surface area is 160 Å². The Bertz CT molecular complexity index is 755. The fourth-order valence-electron chi connectivity index (χ4n) is 1.60. The van der Waals surface area contributed by atoms with Gasteiger partial charge in [-0.2, -0.15) is 5.10 Å². The van der Waals surface area contributed by atoms with Gasteiger partial charge in [-0.3, -0.25) is 4.79 Å².